The van der Waals surface area contributed by atoms with E-state index in [1.54, 1.807) is 0 Å². The summed E-state index contributed by atoms with van der Waals surface area (Å²) in [5.41, 5.74) is 0.0574. The molecule has 1 aliphatic rings. The number of aliphatic carboxylic acids is 1. The number of hydrogen-bond acceptors (Lipinski definition) is 2. The van der Waals surface area contributed by atoms with E-state index in [9.17, 15) is 18.4 Å². The molecule has 0 spiro atoms. The zero-order valence-electron chi connectivity index (χ0n) is 11.7. The van der Waals surface area contributed by atoms with Crippen molar-refractivity contribution in [3.8, 4) is 0 Å². The molecule has 114 valence electrons. The molecular weight excluding hydrogens is 280 g/mol. The maximum atomic E-state index is 13.7. The van der Waals surface area contributed by atoms with E-state index in [0.29, 0.717) is 0 Å². The molecule has 2 rings (SSSR count). The molecule has 21 heavy (non-hydrogen) atoms. The van der Waals surface area contributed by atoms with Crippen LogP contribution in [0.15, 0.2) is 18.2 Å². The summed E-state index contributed by atoms with van der Waals surface area (Å²) in [6.07, 6.45) is 0.539. The molecule has 0 aliphatic heterocycles. The van der Waals surface area contributed by atoms with Gasteiger partial charge in [0.15, 0.2) is 11.6 Å². The van der Waals surface area contributed by atoms with E-state index in [0.717, 1.165) is 12.5 Å². The quantitative estimate of drug-likeness (QED) is 0.877. The normalized spacial score (nSPS) is 20.1. The SMILES string of the molecule is C[C@@H]1C[C@@H]1C(=O)N(CCC(=O)O)Cc1cccc(F)c1F. The molecular formula is C15H17F2NO3. The Morgan fingerprint density at radius 1 is 1.38 bits per heavy atom. The van der Waals surface area contributed by atoms with Crippen LogP contribution < -0.4 is 0 Å². The van der Waals surface area contributed by atoms with Crippen LogP contribution in [-0.4, -0.2) is 28.4 Å². The molecule has 0 heterocycles. The number of carboxylic acids is 1. The number of hydrogen-bond donors (Lipinski definition) is 1. The van der Waals surface area contributed by atoms with Crippen molar-refractivity contribution in [2.45, 2.75) is 26.3 Å². The molecule has 1 aromatic carbocycles. The van der Waals surface area contributed by atoms with Crippen LogP contribution in [0.2, 0.25) is 0 Å². The summed E-state index contributed by atoms with van der Waals surface area (Å²) in [5.74, 6) is -3.05. The Bertz CT molecular complexity index is 562. The monoisotopic (exact) mass is 297 g/mol. The lowest BCUT2D eigenvalue weighted by Gasteiger charge is -2.22. The minimum absolute atomic E-state index is 0.00661. The Balaban J connectivity index is 2.12. The van der Waals surface area contributed by atoms with Crippen molar-refractivity contribution in [1.29, 1.82) is 0 Å². The second-order valence-electron chi connectivity index (χ2n) is 5.44. The highest BCUT2D eigenvalue weighted by Crippen LogP contribution is 2.39. The molecule has 1 fully saturated rings. The largest absolute Gasteiger partial charge is 0.481 e. The first-order valence-electron chi connectivity index (χ1n) is 6.83. The summed E-state index contributed by atoms with van der Waals surface area (Å²) in [6, 6.07) is 3.77. The third-order valence-corrected chi connectivity index (χ3v) is 3.73. The fourth-order valence-electron chi connectivity index (χ4n) is 2.27. The lowest BCUT2D eigenvalue weighted by atomic mass is 10.1. The van der Waals surface area contributed by atoms with Gasteiger partial charge in [-0.1, -0.05) is 19.1 Å². The Hall–Kier alpha value is -1.98. The number of carbonyl (C=O) groups is 2. The third kappa shape index (κ3) is 3.77. The van der Waals surface area contributed by atoms with Crippen molar-refractivity contribution < 1.29 is 23.5 Å². The third-order valence-electron chi connectivity index (χ3n) is 3.73. The highest BCUT2D eigenvalue weighted by molar-refractivity contribution is 5.82. The van der Waals surface area contributed by atoms with Gasteiger partial charge >= 0.3 is 5.97 Å². The molecule has 6 heteroatoms. The maximum Gasteiger partial charge on any atom is 0.305 e. The predicted octanol–water partition coefficient (Wildman–Crippen LogP) is 2.42. The zero-order chi connectivity index (χ0) is 15.6. The fraction of sp³-hybridized carbons (Fsp3) is 0.467. The summed E-state index contributed by atoms with van der Waals surface area (Å²) < 4.78 is 26.9. The standard InChI is InChI=1S/C15H17F2NO3/c1-9-7-11(9)15(21)18(6-5-13(19)20)8-10-3-2-4-12(16)14(10)17/h2-4,9,11H,5-8H2,1H3,(H,19,20)/t9-,11+/m1/s1. The van der Waals surface area contributed by atoms with E-state index in [4.69, 9.17) is 5.11 Å². The number of rotatable bonds is 6. The number of benzene rings is 1. The average molecular weight is 297 g/mol. The highest BCUT2D eigenvalue weighted by Gasteiger charge is 2.41. The lowest BCUT2D eigenvalue weighted by Crippen LogP contribution is -2.34. The minimum Gasteiger partial charge on any atom is -0.481 e. The van der Waals surface area contributed by atoms with E-state index in [2.05, 4.69) is 0 Å². The summed E-state index contributed by atoms with van der Waals surface area (Å²) in [4.78, 5) is 24.2. The molecule has 1 saturated carbocycles. The van der Waals surface area contributed by atoms with Crippen LogP contribution in [0, 0.1) is 23.5 Å². The molecule has 0 unspecified atom stereocenters. The molecule has 1 aliphatic carbocycles. The second kappa shape index (κ2) is 6.20. The van der Waals surface area contributed by atoms with Crippen molar-refractivity contribution in [1.82, 2.24) is 4.90 Å². The van der Waals surface area contributed by atoms with Crippen molar-refractivity contribution in [2.75, 3.05) is 6.54 Å². The van der Waals surface area contributed by atoms with E-state index in [-0.39, 0.29) is 42.8 Å². The summed E-state index contributed by atoms with van der Waals surface area (Å²) in [7, 11) is 0. The Morgan fingerprint density at radius 2 is 2.05 bits per heavy atom. The smallest absolute Gasteiger partial charge is 0.305 e. The van der Waals surface area contributed by atoms with Crippen molar-refractivity contribution in [3.63, 3.8) is 0 Å². The van der Waals surface area contributed by atoms with Crippen LogP contribution >= 0.6 is 0 Å². The number of halogens is 2. The van der Waals surface area contributed by atoms with Gasteiger partial charge in [-0.25, -0.2) is 8.78 Å². The van der Waals surface area contributed by atoms with Crippen molar-refractivity contribution >= 4 is 11.9 Å². The average Bonchev–Trinajstić information content (AvgIpc) is 3.15. The number of nitrogens with zero attached hydrogens (tertiary/aromatic N) is 1. The molecule has 1 amide bonds. The number of carboxylic acid groups (broad SMARTS) is 1. The topological polar surface area (TPSA) is 57.6 Å². The molecule has 0 bridgehead atoms. The van der Waals surface area contributed by atoms with Crippen LogP contribution in [-0.2, 0) is 16.1 Å². The first-order valence-corrected chi connectivity index (χ1v) is 6.83. The van der Waals surface area contributed by atoms with Crippen LogP contribution in [0.1, 0.15) is 25.3 Å². The van der Waals surface area contributed by atoms with Crippen molar-refractivity contribution in [2.24, 2.45) is 11.8 Å². The van der Waals surface area contributed by atoms with Crippen molar-refractivity contribution in [3.05, 3.63) is 35.4 Å². The molecule has 1 N–H and O–H groups in total. The number of carbonyl (C=O) groups excluding carboxylic acids is 1. The van der Waals surface area contributed by atoms with Crippen LogP contribution in [0.25, 0.3) is 0 Å². The van der Waals surface area contributed by atoms with Gasteiger partial charge in [0.1, 0.15) is 0 Å². The maximum absolute atomic E-state index is 13.7. The van der Waals surface area contributed by atoms with Gasteiger partial charge in [0, 0.05) is 24.6 Å². The van der Waals surface area contributed by atoms with Crippen LogP contribution in [0.5, 0.6) is 0 Å². The van der Waals surface area contributed by atoms with Gasteiger partial charge < -0.3 is 10.0 Å². The fourth-order valence-corrected chi connectivity index (χ4v) is 2.27. The number of amides is 1. The van der Waals surface area contributed by atoms with Gasteiger partial charge in [0.25, 0.3) is 0 Å². The molecule has 0 radical (unpaired) electrons. The van der Waals surface area contributed by atoms with E-state index >= 15 is 0 Å². The van der Waals surface area contributed by atoms with Gasteiger partial charge in [0.2, 0.25) is 5.91 Å². The Morgan fingerprint density at radius 3 is 2.62 bits per heavy atom. The predicted molar refractivity (Wildman–Crippen MR) is 71.3 cm³/mol. The van der Waals surface area contributed by atoms with Gasteiger partial charge in [-0.05, 0) is 18.4 Å². The van der Waals surface area contributed by atoms with Crippen LogP contribution in [0.3, 0.4) is 0 Å². The Labute approximate surface area is 121 Å². The van der Waals surface area contributed by atoms with Gasteiger partial charge in [-0.15, -0.1) is 0 Å². The molecule has 0 aromatic heterocycles. The summed E-state index contributed by atoms with van der Waals surface area (Å²) in [6.45, 7) is 1.81. The first kappa shape index (κ1) is 15.4. The van der Waals surface area contributed by atoms with Gasteiger partial charge in [-0.3, -0.25) is 9.59 Å². The molecule has 1 aromatic rings. The Kier molecular flexibility index (Phi) is 4.55. The van der Waals surface area contributed by atoms with E-state index in [1.165, 1.54) is 17.0 Å². The molecule has 0 saturated heterocycles. The minimum atomic E-state index is -1.03. The van der Waals surface area contributed by atoms with Gasteiger partial charge in [-0.2, -0.15) is 0 Å². The first-order chi connectivity index (χ1) is 9.90. The van der Waals surface area contributed by atoms with E-state index in [1.807, 2.05) is 6.92 Å². The highest BCUT2D eigenvalue weighted by atomic mass is 19.2. The molecule has 2 atom stereocenters. The molecule has 4 nitrogen and oxygen atoms in total. The van der Waals surface area contributed by atoms with Crippen LogP contribution in [0.4, 0.5) is 8.78 Å². The van der Waals surface area contributed by atoms with Gasteiger partial charge in [0.05, 0.1) is 6.42 Å². The summed E-state index contributed by atoms with van der Waals surface area (Å²) >= 11 is 0. The van der Waals surface area contributed by atoms with E-state index < -0.39 is 17.6 Å². The summed E-state index contributed by atoms with van der Waals surface area (Å²) in [5, 5.41) is 8.74. The second-order valence-corrected chi connectivity index (χ2v) is 5.44. The lowest BCUT2D eigenvalue weighted by molar-refractivity contribution is -0.139. The zero-order valence-corrected chi connectivity index (χ0v) is 11.7.